The van der Waals surface area contributed by atoms with Crippen LogP contribution in [0, 0.1) is 11.3 Å². The van der Waals surface area contributed by atoms with Crippen molar-refractivity contribution in [2.75, 3.05) is 11.9 Å². The van der Waals surface area contributed by atoms with Crippen molar-refractivity contribution in [2.24, 2.45) is 0 Å². The highest BCUT2D eigenvalue weighted by atomic mass is 14.9. The first-order valence-electron chi connectivity index (χ1n) is 4.56. The molecule has 0 saturated heterocycles. The lowest BCUT2D eigenvalue weighted by Gasteiger charge is -2.04. The van der Waals surface area contributed by atoms with Gasteiger partial charge in [-0.2, -0.15) is 5.26 Å². The molecule has 0 aliphatic rings. The van der Waals surface area contributed by atoms with Crippen LogP contribution in [0.25, 0.3) is 0 Å². The minimum atomic E-state index is 0.494. The molecule has 1 aromatic rings. The van der Waals surface area contributed by atoms with Gasteiger partial charge in [0.2, 0.25) is 0 Å². The Hall–Kier alpha value is -1.49. The third kappa shape index (κ3) is 3.16. The molecule has 0 bridgehead atoms. The van der Waals surface area contributed by atoms with E-state index in [1.54, 1.807) is 0 Å². The molecule has 0 aromatic heterocycles. The number of hydrogen-bond donors (Lipinski definition) is 1. The summed E-state index contributed by atoms with van der Waals surface area (Å²) in [6.45, 7) is 3.13. The van der Waals surface area contributed by atoms with Gasteiger partial charge in [-0.3, -0.25) is 0 Å². The van der Waals surface area contributed by atoms with Gasteiger partial charge in [0.1, 0.15) is 0 Å². The van der Waals surface area contributed by atoms with Gasteiger partial charge in [-0.25, -0.2) is 0 Å². The van der Waals surface area contributed by atoms with E-state index in [9.17, 15) is 0 Å². The molecule has 0 fully saturated rings. The van der Waals surface area contributed by atoms with Crippen LogP contribution in [0.3, 0.4) is 0 Å². The third-order valence-electron chi connectivity index (χ3n) is 1.82. The number of nitrogens with zero attached hydrogens (tertiary/aromatic N) is 1. The van der Waals surface area contributed by atoms with Crippen LogP contribution in [0.4, 0.5) is 5.69 Å². The molecule has 0 amide bonds. The number of nitrogens with one attached hydrogen (secondary N) is 1. The number of anilines is 1. The zero-order valence-corrected chi connectivity index (χ0v) is 7.88. The van der Waals surface area contributed by atoms with Gasteiger partial charge in [0.15, 0.2) is 0 Å². The van der Waals surface area contributed by atoms with Crippen LogP contribution in [0.5, 0.6) is 0 Å². The Kier molecular flexibility index (Phi) is 3.84. The van der Waals surface area contributed by atoms with Gasteiger partial charge in [0.25, 0.3) is 0 Å². The number of rotatable bonds is 4. The second-order valence-electron chi connectivity index (χ2n) is 2.96. The molecular formula is C11H14N2. The summed E-state index contributed by atoms with van der Waals surface area (Å²) in [7, 11) is 0. The molecular weight excluding hydrogens is 160 g/mol. The molecule has 1 aromatic carbocycles. The molecule has 0 heterocycles. The monoisotopic (exact) mass is 174 g/mol. The predicted molar refractivity (Wildman–Crippen MR) is 54.5 cm³/mol. The Morgan fingerprint density at radius 2 is 2.00 bits per heavy atom. The first kappa shape index (κ1) is 9.60. The van der Waals surface area contributed by atoms with E-state index >= 15 is 0 Å². The summed E-state index contributed by atoms with van der Waals surface area (Å²) < 4.78 is 0. The van der Waals surface area contributed by atoms with E-state index in [2.05, 4.69) is 18.3 Å². The fourth-order valence-electron chi connectivity index (χ4n) is 1.10. The van der Waals surface area contributed by atoms with Gasteiger partial charge < -0.3 is 5.32 Å². The Balaban J connectivity index is 2.55. The van der Waals surface area contributed by atoms with Crippen LogP contribution < -0.4 is 5.32 Å². The van der Waals surface area contributed by atoms with E-state index in [-0.39, 0.29) is 0 Å². The predicted octanol–water partition coefficient (Wildman–Crippen LogP) is 2.57. The molecule has 0 unspecified atom stereocenters. The average Bonchev–Trinajstić information content (AvgIpc) is 2.17. The van der Waals surface area contributed by atoms with Crippen molar-refractivity contribution in [2.45, 2.75) is 19.8 Å². The van der Waals surface area contributed by atoms with Crippen LogP contribution in [0.15, 0.2) is 24.3 Å². The summed E-state index contributed by atoms with van der Waals surface area (Å²) in [4.78, 5) is 0. The van der Waals surface area contributed by atoms with Gasteiger partial charge in [-0.1, -0.05) is 19.1 Å². The summed E-state index contributed by atoms with van der Waals surface area (Å²) in [5.74, 6) is 0. The zero-order valence-electron chi connectivity index (χ0n) is 7.88. The Labute approximate surface area is 79.2 Å². The van der Waals surface area contributed by atoms with Crippen molar-refractivity contribution in [3.05, 3.63) is 29.8 Å². The topological polar surface area (TPSA) is 35.8 Å². The first-order chi connectivity index (χ1) is 6.36. The summed E-state index contributed by atoms with van der Waals surface area (Å²) in [5, 5.41) is 11.7. The largest absolute Gasteiger partial charge is 0.385 e. The van der Waals surface area contributed by atoms with E-state index < -0.39 is 0 Å². The first-order valence-corrected chi connectivity index (χ1v) is 4.56. The van der Waals surface area contributed by atoms with Crippen molar-refractivity contribution in [3.63, 3.8) is 0 Å². The molecule has 0 saturated carbocycles. The van der Waals surface area contributed by atoms with Gasteiger partial charge in [0, 0.05) is 12.2 Å². The highest BCUT2D eigenvalue weighted by Gasteiger charge is 1.92. The fourth-order valence-corrected chi connectivity index (χ4v) is 1.10. The van der Waals surface area contributed by atoms with Gasteiger partial charge in [-0.05, 0) is 24.1 Å². The summed E-state index contributed by atoms with van der Waals surface area (Å²) in [6.07, 6.45) is 1.62. The average molecular weight is 174 g/mol. The lowest BCUT2D eigenvalue weighted by Crippen LogP contribution is -1.99. The van der Waals surface area contributed by atoms with E-state index in [1.165, 1.54) is 0 Å². The highest BCUT2D eigenvalue weighted by Crippen LogP contribution is 2.09. The van der Waals surface area contributed by atoms with Crippen LogP contribution in [-0.4, -0.2) is 6.54 Å². The lowest BCUT2D eigenvalue weighted by molar-refractivity contribution is 0.979. The Bertz CT molecular complexity index is 282. The van der Waals surface area contributed by atoms with Crippen molar-refractivity contribution in [1.29, 1.82) is 5.26 Å². The maximum absolute atomic E-state index is 8.46. The smallest absolute Gasteiger partial charge is 0.0669 e. The molecule has 13 heavy (non-hydrogen) atoms. The molecule has 0 spiro atoms. The third-order valence-corrected chi connectivity index (χ3v) is 1.82. The molecule has 1 rings (SSSR count). The summed E-state index contributed by atoms with van der Waals surface area (Å²) in [5.41, 5.74) is 2.20. The highest BCUT2D eigenvalue weighted by molar-refractivity contribution is 5.44. The molecule has 0 aliphatic carbocycles. The zero-order chi connectivity index (χ0) is 9.52. The normalized spacial score (nSPS) is 9.23. The van der Waals surface area contributed by atoms with E-state index in [0.29, 0.717) is 6.42 Å². The Morgan fingerprint density at radius 1 is 1.31 bits per heavy atom. The molecule has 0 radical (unpaired) electrons. The van der Waals surface area contributed by atoms with Crippen molar-refractivity contribution < 1.29 is 0 Å². The van der Waals surface area contributed by atoms with E-state index in [1.807, 2.05) is 24.3 Å². The van der Waals surface area contributed by atoms with Crippen LogP contribution in [-0.2, 0) is 6.42 Å². The Morgan fingerprint density at radius 3 is 2.54 bits per heavy atom. The summed E-state index contributed by atoms with van der Waals surface area (Å²) >= 11 is 0. The minimum absolute atomic E-state index is 0.494. The maximum Gasteiger partial charge on any atom is 0.0669 e. The molecule has 2 heteroatoms. The standard InChI is InChI=1S/C11H14N2/c1-2-9-13-11-5-3-10(4-6-11)7-8-12/h3-6,13H,2,7,9H2,1H3. The summed E-state index contributed by atoms with van der Waals surface area (Å²) in [6, 6.07) is 10.1. The second-order valence-corrected chi connectivity index (χ2v) is 2.96. The molecule has 0 aliphatic heterocycles. The second kappa shape index (κ2) is 5.21. The fraction of sp³-hybridized carbons (Fsp3) is 0.364. The number of benzene rings is 1. The molecule has 2 nitrogen and oxygen atoms in total. The van der Waals surface area contributed by atoms with Crippen molar-refractivity contribution >= 4 is 5.69 Å². The van der Waals surface area contributed by atoms with Crippen molar-refractivity contribution in [1.82, 2.24) is 0 Å². The number of nitriles is 1. The molecule has 68 valence electrons. The van der Waals surface area contributed by atoms with E-state index in [4.69, 9.17) is 5.26 Å². The molecule has 0 atom stereocenters. The van der Waals surface area contributed by atoms with Crippen molar-refractivity contribution in [3.8, 4) is 6.07 Å². The maximum atomic E-state index is 8.46. The van der Waals surface area contributed by atoms with Gasteiger partial charge in [-0.15, -0.1) is 0 Å². The van der Waals surface area contributed by atoms with Gasteiger partial charge in [0.05, 0.1) is 12.5 Å². The quantitative estimate of drug-likeness (QED) is 0.761. The van der Waals surface area contributed by atoms with Gasteiger partial charge >= 0.3 is 0 Å². The van der Waals surface area contributed by atoms with Crippen LogP contribution in [0.2, 0.25) is 0 Å². The minimum Gasteiger partial charge on any atom is -0.385 e. The van der Waals surface area contributed by atoms with E-state index in [0.717, 1.165) is 24.2 Å². The molecule has 1 N–H and O–H groups in total. The van der Waals surface area contributed by atoms with Crippen LogP contribution >= 0.6 is 0 Å². The van der Waals surface area contributed by atoms with Crippen LogP contribution in [0.1, 0.15) is 18.9 Å². The lowest BCUT2D eigenvalue weighted by atomic mass is 10.1. The SMILES string of the molecule is CCCNc1ccc(CC#N)cc1. The number of hydrogen-bond acceptors (Lipinski definition) is 2.